The third-order valence-corrected chi connectivity index (χ3v) is 17.9. The minimum atomic E-state index is -2.29. The molecule has 0 bridgehead atoms. The number of para-hydroxylation sites is 1. The topological polar surface area (TPSA) is 69.9 Å². The number of fused-ring (bicyclic) bond motifs is 12. The first-order valence-electron chi connectivity index (χ1n) is 25.6. The van der Waals surface area contributed by atoms with Crippen LogP contribution in [0.3, 0.4) is 0 Å². The van der Waals surface area contributed by atoms with Crippen LogP contribution in [0.25, 0.3) is 105 Å². The predicted octanol–water partition coefficient (Wildman–Crippen LogP) is 16.9. The van der Waals surface area contributed by atoms with Gasteiger partial charge in [0.1, 0.15) is 11.2 Å². The van der Waals surface area contributed by atoms with Crippen LogP contribution in [0.2, 0.25) is 17.3 Å². The summed E-state index contributed by atoms with van der Waals surface area (Å²) in [6, 6.07) is 50.8. The fourth-order valence-electron chi connectivity index (χ4n) is 10.3. The molecule has 0 saturated heterocycles. The second kappa shape index (κ2) is 18.3. The number of benzene rings is 7. The van der Waals surface area contributed by atoms with Gasteiger partial charge in [-0.3, -0.25) is 4.98 Å². The van der Waals surface area contributed by atoms with Gasteiger partial charge in [-0.05, 0) is 61.4 Å². The van der Waals surface area contributed by atoms with Gasteiger partial charge in [-0.1, -0.05) is 77.7 Å². The van der Waals surface area contributed by atoms with Gasteiger partial charge in [-0.25, -0.2) is 4.98 Å². The zero-order chi connectivity index (χ0) is 51.5. The maximum absolute atomic E-state index is 8.90. The van der Waals surface area contributed by atoms with E-state index in [0.29, 0.717) is 5.71 Å². The van der Waals surface area contributed by atoms with Crippen molar-refractivity contribution in [3.05, 3.63) is 174 Å². The van der Waals surface area contributed by atoms with Gasteiger partial charge in [-0.2, -0.15) is 0 Å². The second-order valence-electron chi connectivity index (χ2n) is 22.2. The number of aromatic nitrogens is 4. The van der Waals surface area contributed by atoms with E-state index in [0.717, 1.165) is 115 Å². The molecule has 363 valence electrons. The van der Waals surface area contributed by atoms with Gasteiger partial charge in [0.25, 0.3) is 0 Å². The molecule has 0 atom stereocenters. The molecule has 0 saturated carbocycles. The third kappa shape index (κ3) is 8.67. The minimum absolute atomic E-state index is 0. The molecule has 8 heteroatoms. The molecule has 0 amide bonds. The molecule has 0 aliphatic heterocycles. The number of rotatable bonds is 5. The Morgan fingerprint density at radius 2 is 1.32 bits per heavy atom. The Labute approximate surface area is 441 Å². The van der Waals surface area contributed by atoms with Gasteiger partial charge in [0.05, 0.1) is 22.4 Å². The summed E-state index contributed by atoms with van der Waals surface area (Å²) < 4.78 is 34.3. The summed E-state index contributed by atoms with van der Waals surface area (Å²) in [6.07, 6.45) is 0.506. The monoisotopic (exact) mass is 1190 g/mol. The number of furan rings is 2. The maximum atomic E-state index is 8.90. The van der Waals surface area contributed by atoms with Gasteiger partial charge in [0.2, 0.25) is 5.71 Å². The van der Waals surface area contributed by atoms with Crippen molar-refractivity contribution in [3.63, 3.8) is 0 Å². The molecule has 6 nitrogen and oxygen atoms in total. The van der Waals surface area contributed by atoms with Crippen LogP contribution >= 0.6 is 0 Å². The zero-order valence-corrected chi connectivity index (χ0v) is 47.6. The number of aryl methyl sites for hydroxylation is 3. The summed E-state index contributed by atoms with van der Waals surface area (Å²) in [5.74, 6) is 7.65. The fraction of sp³-hybridized carbons (Fsp3) is 0.234. The number of imidazole rings is 1. The summed E-state index contributed by atoms with van der Waals surface area (Å²) in [7, 11) is 0. The molecule has 5 aromatic heterocycles. The van der Waals surface area contributed by atoms with E-state index < -0.39 is 25.1 Å². The van der Waals surface area contributed by atoms with Crippen LogP contribution in [0.4, 0.5) is 0 Å². The molecule has 0 aliphatic rings. The van der Waals surface area contributed by atoms with Crippen molar-refractivity contribution in [2.24, 2.45) is 5.41 Å². The van der Waals surface area contributed by atoms with E-state index in [4.69, 9.17) is 26.5 Å². The minimum Gasteiger partial charge on any atom is 0 e. The third-order valence-electron chi connectivity index (χ3n) is 13.6. The first kappa shape index (κ1) is 46.7. The Morgan fingerprint density at radius 3 is 2.03 bits per heavy atom. The first-order valence-corrected chi connectivity index (χ1v) is 31.9. The molecule has 1 radical (unpaired) electrons. The molecule has 7 aromatic carbocycles. The molecular weight excluding hydrogens is 1120 g/mol. The van der Waals surface area contributed by atoms with Crippen LogP contribution in [-0.2, 0) is 31.9 Å². The zero-order valence-electron chi connectivity index (χ0n) is 45.1. The van der Waals surface area contributed by atoms with Crippen molar-refractivity contribution >= 4 is 94.2 Å². The standard InChI is InChI=1S/C41H26N3O2.C23H34GeN.Ir/c1-22-21-33-27-13-8-9-18-34(27)45-38(33)24(3)36(22)44-37-29-15-7-5-12-26(29)25-11-4-6-14-28(25)35(37)43-40(44)32-17-10-16-30-31-20-19-23(2)42-41(31)46-39(30)32;1-22(2,3)15-18-14-21(25-16-20(18)24(7,8)9)17-11-10-12-19(13-17)23(4,5)6;/h4-16,18-21H,1-3H3;10,12-14,16H,15H2,1-9H3;/q2*-1;/i;15D2;. The molecule has 0 aliphatic carbocycles. The van der Waals surface area contributed by atoms with E-state index in [1.165, 1.54) is 16.3 Å². The number of pyridine rings is 2. The van der Waals surface area contributed by atoms with Crippen LogP contribution in [-0.4, -0.2) is 32.8 Å². The summed E-state index contributed by atoms with van der Waals surface area (Å²) >= 11 is -2.29. The summed E-state index contributed by atoms with van der Waals surface area (Å²) in [6.45, 7) is 18.8. The molecule has 0 fully saturated rings. The molecule has 0 unspecified atom stereocenters. The Hall–Kier alpha value is -6.38. The van der Waals surface area contributed by atoms with Crippen molar-refractivity contribution in [2.45, 2.75) is 91.4 Å². The average molecular weight is 1180 g/mol. The number of hydrogen-bond acceptors (Lipinski definition) is 5. The van der Waals surface area contributed by atoms with E-state index in [-0.39, 0.29) is 25.5 Å². The van der Waals surface area contributed by atoms with Crippen LogP contribution in [0.15, 0.2) is 142 Å². The van der Waals surface area contributed by atoms with Crippen molar-refractivity contribution in [1.82, 2.24) is 19.5 Å². The molecule has 0 N–H and O–H groups in total. The van der Waals surface area contributed by atoms with Crippen molar-refractivity contribution in [2.75, 3.05) is 0 Å². The van der Waals surface area contributed by atoms with Gasteiger partial charge < -0.3 is 13.4 Å². The molecule has 5 heterocycles. The Bertz CT molecular complexity index is 4190. The summed E-state index contributed by atoms with van der Waals surface area (Å²) in [5, 5.41) is 8.79. The predicted molar refractivity (Wildman–Crippen MR) is 300 cm³/mol. The number of nitrogens with zero attached hydrogens (tertiary/aromatic N) is 4. The van der Waals surface area contributed by atoms with Crippen LogP contribution in [0.1, 0.15) is 72.2 Å². The number of hydrogen-bond donors (Lipinski definition) is 0. The van der Waals surface area contributed by atoms with Gasteiger partial charge in [0, 0.05) is 64.0 Å². The van der Waals surface area contributed by atoms with E-state index >= 15 is 0 Å². The molecule has 12 rings (SSSR count). The summed E-state index contributed by atoms with van der Waals surface area (Å²) in [5.41, 5.74) is 13.3. The van der Waals surface area contributed by atoms with Gasteiger partial charge in [-0.15, -0.1) is 18.2 Å². The van der Waals surface area contributed by atoms with Crippen LogP contribution < -0.4 is 4.40 Å². The van der Waals surface area contributed by atoms with E-state index in [1.54, 1.807) is 0 Å². The van der Waals surface area contributed by atoms with Crippen LogP contribution in [0, 0.1) is 38.3 Å². The van der Waals surface area contributed by atoms with Crippen molar-refractivity contribution in [1.29, 1.82) is 0 Å². The van der Waals surface area contributed by atoms with Gasteiger partial charge >= 0.3 is 160 Å². The van der Waals surface area contributed by atoms with Crippen molar-refractivity contribution < 1.29 is 31.7 Å². The Balaban J connectivity index is 0.000000193. The Morgan fingerprint density at radius 1 is 0.653 bits per heavy atom. The quantitative estimate of drug-likeness (QED) is 0.0976. The molecule has 0 spiro atoms. The molecule has 72 heavy (non-hydrogen) atoms. The average Bonchev–Trinajstić information content (AvgIpc) is 4.05. The van der Waals surface area contributed by atoms with Gasteiger partial charge in [0.15, 0.2) is 0 Å². The maximum Gasteiger partial charge on any atom is 0 e. The molecular formula is C64H60GeIrN4O2-2. The second-order valence-corrected chi connectivity index (χ2v) is 32.8. The van der Waals surface area contributed by atoms with E-state index in [2.05, 4.69) is 160 Å². The van der Waals surface area contributed by atoms with E-state index in [1.807, 2.05) is 70.3 Å². The largest absolute Gasteiger partial charge is 0 e. The van der Waals surface area contributed by atoms with Crippen LogP contribution in [0.5, 0.6) is 0 Å². The first-order chi connectivity index (χ1) is 34.6. The smallest absolute Gasteiger partial charge is 0 e. The molecule has 12 aromatic rings. The normalized spacial score (nSPS) is 13.0. The fourth-order valence-corrected chi connectivity index (χ4v) is 13.2. The van der Waals surface area contributed by atoms with E-state index in [9.17, 15) is 0 Å². The summed E-state index contributed by atoms with van der Waals surface area (Å²) in [4.78, 5) is 15.0. The van der Waals surface area contributed by atoms with Crippen molar-refractivity contribution in [3.8, 4) is 28.3 Å². The SMILES string of the molecule is Cc1ccc2c(n1)oc1c(-c3nc4c5ccccc5c5ccccc5c4n3-c3c(C)cc4c(oc5ccccc54)c3C)[c-]ccc12.[2H]C([2H])(c1cc(-c2[c-]ccc(C(C)(C)C)c2)nc[c]1[Ge]([CH3])([CH3])[CH3])C(C)(C)C.[Ir]. The Kier molecular flexibility index (Phi) is 11.9.